The van der Waals surface area contributed by atoms with Gasteiger partial charge in [0.1, 0.15) is 0 Å². The number of β-amino-alcohol motifs (C(OH)–C–C–N with tert-alkyl or cyclic N) is 1. The summed E-state index contributed by atoms with van der Waals surface area (Å²) in [5.74, 6) is -0.727. The Hall–Kier alpha value is -1.43. The molecule has 0 aromatic heterocycles. The molecule has 98 valence electrons. The summed E-state index contributed by atoms with van der Waals surface area (Å²) in [6, 6.07) is 9.48. The van der Waals surface area contributed by atoms with Crippen molar-refractivity contribution < 1.29 is 19.7 Å². The minimum atomic E-state index is -1.73. The molecule has 1 unspecified atom stereocenters. The summed E-state index contributed by atoms with van der Waals surface area (Å²) in [5.41, 5.74) is -0.766. The van der Waals surface area contributed by atoms with Crippen LogP contribution in [0.4, 0.5) is 0 Å². The fourth-order valence-corrected chi connectivity index (χ4v) is 2.30. The molecule has 1 aliphatic heterocycles. The molecule has 0 radical (unpaired) electrons. The molecule has 1 aromatic rings. The summed E-state index contributed by atoms with van der Waals surface area (Å²) in [7, 11) is 1.23. The van der Waals surface area contributed by atoms with E-state index in [4.69, 9.17) is 0 Å². The lowest BCUT2D eigenvalue weighted by molar-refractivity contribution is -0.181. The first-order valence-electron chi connectivity index (χ1n) is 5.84. The summed E-state index contributed by atoms with van der Waals surface area (Å²) in [4.78, 5) is 13.2. The summed E-state index contributed by atoms with van der Waals surface area (Å²) in [5, 5.41) is 20.0. The molecule has 1 fully saturated rings. The largest absolute Gasteiger partial charge is 0.466 e. The van der Waals surface area contributed by atoms with Crippen molar-refractivity contribution in [2.45, 2.75) is 24.8 Å². The molecule has 2 rings (SSSR count). The second-order valence-electron chi connectivity index (χ2n) is 4.53. The molecule has 2 N–H and O–H groups in total. The highest BCUT2D eigenvalue weighted by Crippen LogP contribution is 2.29. The molecule has 0 bridgehead atoms. The smallest absolute Gasteiger partial charge is 0.353 e. The van der Waals surface area contributed by atoms with Gasteiger partial charge in [0, 0.05) is 19.5 Å². The number of likely N-dealkylation sites (tertiary alicyclic amines) is 1. The van der Waals surface area contributed by atoms with E-state index in [9.17, 15) is 15.0 Å². The van der Waals surface area contributed by atoms with Crippen molar-refractivity contribution in [3.05, 3.63) is 35.9 Å². The van der Waals surface area contributed by atoms with E-state index in [-0.39, 0.29) is 13.0 Å². The van der Waals surface area contributed by atoms with E-state index in [1.807, 2.05) is 30.3 Å². The van der Waals surface area contributed by atoms with E-state index in [2.05, 4.69) is 4.74 Å². The second kappa shape index (κ2) is 5.06. The maximum Gasteiger partial charge on any atom is 0.353 e. The van der Waals surface area contributed by atoms with Crippen molar-refractivity contribution in [3.8, 4) is 0 Å². The lowest BCUT2D eigenvalue weighted by Gasteiger charge is -2.30. The zero-order valence-electron chi connectivity index (χ0n) is 10.2. The Morgan fingerprint density at radius 3 is 2.78 bits per heavy atom. The van der Waals surface area contributed by atoms with Gasteiger partial charge in [0.05, 0.1) is 13.2 Å². The van der Waals surface area contributed by atoms with Gasteiger partial charge in [-0.05, 0) is 5.56 Å². The number of ether oxygens (including phenoxy) is 1. The Morgan fingerprint density at radius 1 is 1.50 bits per heavy atom. The molecule has 5 nitrogen and oxygen atoms in total. The van der Waals surface area contributed by atoms with E-state index >= 15 is 0 Å². The summed E-state index contributed by atoms with van der Waals surface area (Å²) in [6.45, 7) is 0.643. The van der Waals surface area contributed by atoms with E-state index < -0.39 is 17.8 Å². The molecule has 5 heteroatoms. The minimum Gasteiger partial charge on any atom is -0.466 e. The van der Waals surface area contributed by atoms with Crippen molar-refractivity contribution in [1.29, 1.82) is 0 Å². The molecule has 1 heterocycles. The van der Waals surface area contributed by atoms with E-state index in [1.165, 1.54) is 7.11 Å². The molecule has 1 aliphatic rings. The van der Waals surface area contributed by atoms with Crippen molar-refractivity contribution in [2.24, 2.45) is 0 Å². The van der Waals surface area contributed by atoms with Gasteiger partial charge in [-0.1, -0.05) is 30.3 Å². The molecular formula is C13H17NO4. The summed E-state index contributed by atoms with van der Waals surface area (Å²) >= 11 is 0. The molecule has 0 saturated carbocycles. The van der Waals surface area contributed by atoms with Crippen molar-refractivity contribution in [3.63, 3.8) is 0 Å². The molecule has 1 saturated heterocycles. The minimum absolute atomic E-state index is 0.0213. The third-order valence-electron chi connectivity index (χ3n) is 3.20. The first kappa shape index (κ1) is 13.0. The number of hydrogen-bond donors (Lipinski definition) is 2. The van der Waals surface area contributed by atoms with E-state index in [0.29, 0.717) is 6.54 Å². The predicted octanol–water partition coefficient (Wildman–Crippen LogP) is 0.115. The van der Waals surface area contributed by atoms with Crippen LogP contribution < -0.4 is 0 Å². The van der Waals surface area contributed by atoms with Gasteiger partial charge >= 0.3 is 5.97 Å². The van der Waals surface area contributed by atoms with Crippen molar-refractivity contribution in [1.82, 2.24) is 4.90 Å². The number of rotatable bonds is 3. The van der Waals surface area contributed by atoms with Crippen LogP contribution in [0.25, 0.3) is 0 Å². The number of aliphatic hydroxyl groups is 2. The van der Waals surface area contributed by atoms with Gasteiger partial charge in [0.15, 0.2) is 0 Å². The first-order chi connectivity index (χ1) is 8.56. The SMILES string of the molecule is COC(=O)[C@]1(O)CC(O)CN1Cc1ccccc1. The summed E-state index contributed by atoms with van der Waals surface area (Å²) in [6.07, 6.45) is -0.746. The first-order valence-corrected chi connectivity index (χ1v) is 5.84. The van der Waals surface area contributed by atoms with Crippen LogP contribution in [0.5, 0.6) is 0 Å². The van der Waals surface area contributed by atoms with Gasteiger partial charge in [-0.3, -0.25) is 4.90 Å². The molecule has 0 aliphatic carbocycles. The van der Waals surface area contributed by atoms with Crippen molar-refractivity contribution in [2.75, 3.05) is 13.7 Å². The number of methoxy groups -OCH3 is 1. The van der Waals surface area contributed by atoms with Gasteiger partial charge in [-0.15, -0.1) is 0 Å². The average Bonchev–Trinajstić information content (AvgIpc) is 2.65. The van der Waals surface area contributed by atoms with E-state index in [1.54, 1.807) is 4.90 Å². The third kappa shape index (κ3) is 2.38. The number of hydrogen-bond acceptors (Lipinski definition) is 5. The Labute approximate surface area is 106 Å². The number of esters is 1. The van der Waals surface area contributed by atoms with Gasteiger partial charge in [-0.25, -0.2) is 4.79 Å². The van der Waals surface area contributed by atoms with Crippen LogP contribution in [0.3, 0.4) is 0 Å². The highest BCUT2D eigenvalue weighted by atomic mass is 16.5. The van der Waals surface area contributed by atoms with Crippen LogP contribution in [0, 0.1) is 0 Å². The fraction of sp³-hybridized carbons (Fsp3) is 0.462. The lowest BCUT2D eigenvalue weighted by Crippen LogP contribution is -2.50. The van der Waals surface area contributed by atoms with Crippen LogP contribution in [0.1, 0.15) is 12.0 Å². The molecule has 0 spiro atoms. The fourth-order valence-electron chi connectivity index (χ4n) is 2.30. The average molecular weight is 251 g/mol. The van der Waals surface area contributed by atoms with Crippen molar-refractivity contribution >= 4 is 5.97 Å². The topological polar surface area (TPSA) is 70.0 Å². The number of carbonyl (C=O) groups excluding carboxylic acids is 1. The highest BCUT2D eigenvalue weighted by Gasteiger charge is 2.50. The lowest BCUT2D eigenvalue weighted by atomic mass is 10.1. The van der Waals surface area contributed by atoms with Crippen LogP contribution in [-0.2, 0) is 16.1 Å². The van der Waals surface area contributed by atoms with Gasteiger partial charge < -0.3 is 14.9 Å². The molecule has 1 aromatic carbocycles. The Morgan fingerprint density at radius 2 is 2.17 bits per heavy atom. The molecule has 18 heavy (non-hydrogen) atoms. The quantitative estimate of drug-likeness (QED) is 0.746. The van der Waals surface area contributed by atoms with Crippen LogP contribution in [-0.4, -0.2) is 46.6 Å². The second-order valence-corrected chi connectivity index (χ2v) is 4.53. The Kier molecular flexibility index (Phi) is 3.65. The number of aliphatic hydroxyl groups excluding tert-OH is 1. The summed E-state index contributed by atoms with van der Waals surface area (Å²) < 4.78 is 4.61. The van der Waals surface area contributed by atoms with Crippen LogP contribution >= 0.6 is 0 Å². The predicted molar refractivity (Wildman–Crippen MR) is 64.4 cm³/mol. The van der Waals surface area contributed by atoms with E-state index in [0.717, 1.165) is 5.56 Å². The molecular weight excluding hydrogens is 234 g/mol. The zero-order valence-corrected chi connectivity index (χ0v) is 10.2. The third-order valence-corrected chi connectivity index (χ3v) is 3.20. The number of nitrogens with zero attached hydrogens (tertiary/aromatic N) is 1. The maximum atomic E-state index is 11.7. The zero-order chi connectivity index (χ0) is 13.2. The molecule has 0 amide bonds. The maximum absolute atomic E-state index is 11.7. The Balaban J connectivity index is 2.18. The van der Waals surface area contributed by atoms with Crippen LogP contribution in [0.15, 0.2) is 30.3 Å². The number of carbonyl (C=O) groups is 1. The highest BCUT2D eigenvalue weighted by molar-refractivity contribution is 5.79. The van der Waals surface area contributed by atoms with Gasteiger partial charge in [0.25, 0.3) is 0 Å². The standard InChI is InChI=1S/C13H17NO4/c1-18-12(16)13(17)7-11(15)9-14(13)8-10-5-3-2-4-6-10/h2-6,11,15,17H,7-9H2,1H3/t11?,13-/m1/s1. The monoisotopic (exact) mass is 251 g/mol. The van der Waals surface area contributed by atoms with Gasteiger partial charge in [-0.2, -0.15) is 0 Å². The normalized spacial score (nSPS) is 28.3. The Bertz CT molecular complexity index is 422. The van der Waals surface area contributed by atoms with Crippen LogP contribution in [0.2, 0.25) is 0 Å². The number of benzene rings is 1. The van der Waals surface area contributed by atoms with Gasteiger partial charge in [0.2, 0.25) is 5.72 Å². The molecule has 2 atom stereocenters.